The van der Waals surface area contributed by atoms with Crippen LogP contribution in [-0.2, 0) is 0 Å². The second kappa shape index (κ2) is 6.34. The Balaban J connectivity index is 1.93. The van der Waals surface area contributed by atoms with Crippen LogP contribution in [0.5, 0.6) is 11.5 Å². The molecule has 1 atom stereocenters. The van der Waals surface area contributed by atoms with E-state index in [9.17, 15) is 0 Å². The van der Waals surface area contributed by atoms with Gasteiger partial charge in [0.25, 0.3) is 0 Å². The van der Waals surface area contributed by atoms with Crippen LogP contribution in [0, 0.1) is 0 Å². The monoisotopic (exact) mass is 319 g/mol. The van der Waals surface area contributed by atoms with Crippen molar-refractivity contribution in [2.24, 2.45) is 0 Å². The van der Waals surface area contributed by atoms with E-state index in [0.717, 1.165) is 16.9 Å². The van der Waals surface area contributed by atoms with E-state index in [1.54, 1.807) is 14.2 Å². The molecule has 1 aliphatic heterocycles. The van der Waals surface area contributed by atoms with E-state index in [-0.39, 0.29) is 6.17 Å². The number of rotatable bonds is 4. The zero-order chi connectivity index (χ0) is 15.5. The molecule has 0 spiro atoms. The van der Waals surface area contributed by atoms with Gasteiger partial charge in [-0.05, 0) is 24.3 Å². The van der Waals surface area contributed by atoms with Gasteiger partial charge in [-0.25, -0.2) is 0 Å². The van der Waals surface area contributed by atoms with Crippen molar-refractivity contribution in [3.05, 3.63) is 47.0 Å². The van der Waals surface area contributed by atoms with Crippen molar-refractivity contribution in [3.63, 3.8) is 0 Å². The third-order valence-corrected chi connectivity index (χ3v) is 3.82. The van der Waals surface area contributed by atoms with Gasteiger partial charge >= 0.3 is 0 Å². The fourth-order valence-corrected chi connectivity index (χ4v) is 2.71. The van der Waals surface area contributed by atoms with Crippen LogP contribution >= 0.6 is 11.6 Å². The minimum absolute atomic E-state index is 0.0467. The summed E-state index contributed by atoms with van der Waals surface area (Å²) in [5.41, 5.74) is 3.02. The highest BCUT2D eigenvalue weighted by atomic mass is 35.5. The fraction of sp³-hybridized carbons (Fsp3) is 0.250. The normalized spacial score (nSPS) is 16.4. The Bertz CT molecular complexity index is 678. The summed E-state index contributed by atoms with van der Waals surface area (Å²) in [5.74, 6) is 1.40. The number of methoxy groups -OCH3 is 2. The number of halogens is 1. The summed E-state index contributed by atoms with van der Waals surface area (Å²) >= 11 is 6.04. The van der Waals surface area contributed by atoms with Crippen molar-refractivity contribution in [1.29, 1.82) is 0 Å². The maximum absolute atomic E-state index is 6.04. The Morgan fingerprint density at radius 3 is 2.64 bits per heavy atom. The molecule has 0 radical (unpaired) electrons. The number of hydrogen-bond donors (Lipinski definition) is 3. The predicted octanol–water partition coefficient (Wildman–Crippen LogP) is 3.44. The lowest BCUT2D eigenvalue weighted by molar-refractivity contribution is 0.354. The Morgan fingerprint density at radius 2 is 1.91 bits per heavy atom. The van der Waals surface area contributed by atoms with Crippen LogP contribution in [0.2, 0.25) is 5.02 Å². The lowest BCUT2D eigenvalue weighted by Gasteiger charge is -2.30. The summed E-state index contributed by atoms with van der Waals surface area (Å²) < 4.78 is 10.7. The highest BCUT2D eigenvalue weighted by Gasteiger charge is 2.22. The third kappa shape index (κ3) is 2.91. The van der Waals surface area contributed by atoms with Gasteiger partial charge in [0.05, 0.1) is 20.9 Å². The molecular formula is C16H18ClN3O2. The molecule has 0 fully saturated rings. The van der Waals surface area contributed by atoms with Crippen molar-refractivity contribution >= 4 is 23.0 Å². The van der Waals surface area contributed by atoms with Crippen molar-refractivity contribution in [2.75, 3.05) is 31.5 Å². The molecule has 3 rings (SSSR count). The number of ether oxygens (including phenoxy) is 2. The van der Waals surface area contributed by atoms with Gasteiger partial charge in [0.1, 0.15) is 6.17 Å². The molecule has 0 aliphatic carbocycles. The smallest absolute Gasteiger partial charge is 0.162 e. The van der Waals surface area contributed by atoms with Gasteiger partial charge in [0, 0.05) is 28.0 Å². The molecule has 0 saturated heterocycles. The van der Waals surface area contributed by atoms with E-state index in [4.69, 9.17) is 21.1 Å². The van der Waals surface area contributed by atoms with Crippen LogP contribution in [0.25, 0.3) is 0 Å². The number of benzene rings is 2. The maximum Gasteiger partial charge on any atom is 0.162 e. The molecule has 1 heterocycles. The van der Waals surface area contributed by atoms with Gasteiger partial charge in [0.2, 0.25) is 0 Å². The van der Waals surface area contributed by atoms with E-state index in [2.05, 4.69) is 16.0 Å². The lowest BCUT2D eigenvalue weighted by Crippen LogP contribution is -2.37. The van der Waals surface area contributed by atoms with Gasteiger partial charge in [0.15, 0.2) is 11.5 Å². The van der Waals surface area contributed by atoms with Crippen molar-refractivity contribution < 1.29 is 9.47 Å². The van der Waals surface area contributed by atoms with E-state index in [1.165, 1.54) is 0 Å². The Labute approximate surface area is 134 Å². The first-order valence-electron chi connectivity index (χ1n) is 6.96. The van der Waals surface area contributed by atoms with Gasteiger partial charge < -0.3 is 20.1 Å². The molecule has 1 aliphatic rings. The molecule has 5 nitrogen and oxygen atoms in total. The highest BCUT2D eigenvalue weighted by Crippen LogP contribution is 2.37. The number of hydrogen-bond acceptors (Lipinski definition) is 5. The zero-order valence-electron chi connectivity index (χ0n) is 12.4. The summed E-state index contributed by atoms with van der Waals surface area (Å²) in [6, 6.07) is 11.6. The second-order valence-electron chi connectivity index (χ2n) is 4.94. The Kier molecular flexibility index (Phi) is 4.27. The topological polar surface area (TPSA) is 54.6 Å². The zero-order valence-corrected chi connectivity index (χ0v) is 13.2. The van der Waals surface area contributed by atoms with Crippen molar-refractivity contribution in [1.82, 2.24) is 5.32 Å². The quantitative estimate of drug-likeness (QED) is 0.806. The molecule has 0 bridgehead atoms. The van der Waals surface area contributed by atoms with Gasteiger partial charge in [-0.1, -0.05) is 17.7 Å². The second-order valence-corrected chi connectivity index (χ2v) is 5.38. The summed E-state index contributed by atoms with van der Waals surface area (Å²) in [7, 11) is 3.26. The molecule has 1 unspecified atom stereocenters. The van der Waals surface area contributed by atoms with Gasteiger partial charge in [-0.2, -0.15) is 0 Å². The van der Waals surface area contributed by atoms with Gasteiger partial charge in [-0.15, -0.1) is 0 Å². The average molecular weight is 320 g/mol. The van der Waals surface area contributed by atoms with E-state index < -0.39 is 0 Å². The third-order valence-electron chi connectivity index (χ3n) is 3.59. The van der Waals surface area contributed by atoms with Crippen LogP contribution in [0.1, 0.15) is 11.7 Å². The first-order valence-corrected chi connectivity index (χ1v) is 7.34. The molecule has 0 amide bonds. The van der Waals surface area contributed by atoms with Crippen LogP contribution in [0.3, 0.4) is 0 Å². The predicted molar refractivity (Wildman–Crippen MR) is 89.0 cm³/mol. The highest BCUT2D eigenvalue weighted by molar-refractivity contribution is 6.30. The molecule has 3 N–H and O–H groups in total. The van der Waals surface area contributed by atoms with Crippen LogP contribution in [-0.4, -0.2) is 20.9 Å². The van der Waals surface area contributed by atoms with E-state index in [0.29, 0.717) is 23.2 Å². The SMILES string of the molecule is COc1cc2c(cc1OC)C(Nc1cccc(Cl)c1)NCN2. The number of anilines is 2. The summed E-state index contributed by atoms with van der Waals surface area (Å²) in [6.45, 7) is 0.653. The first-order chi connectivity index (χ1) is 10.7. The lowest BCUT2D eigenvalue weighted by atomic mass is 10.1. The average Bonchev–Trinajstić information content (AvgIpc) is 2.54. The first kappa shape index (κ1) is 14.8. The van der Waals surface area contributed by atoms with E-state index >= 15 is 0 Å². The Hall–Kier alpha value is -2.11. The summed E-state index contributed by atoms with van der Waals surface area (Å²) in [6.07, 6.45) is -0.0467. The minimum atomic E-state index is -0.0467. The standard InChI is InChI=1S/C16H18ClN3O2/c1-21-14-7-12-13(8-15(14)22-2)18-9-19-16(12)20-11-5-3-4-10(17)6-11/h3-8,16,18-20H,9H2,1-2H3. The van der Waals surface area contributed by atoms with E-state index in [1.807, 2.05) is 36.4 Å². The largest absolute Gasteiger partial charge is 0.493 e. The molecule has 0 saturated carbocycles. The molecule has 22 heavy (non-hydrogen) atoms. The van der Waals surface area contributed by atoms with Crippen molar-refractivity contribution in [2.45, 2.75) is 6.17 Å². The molecular weight excluding hydrogens is 302 g/mol. The molecule has 2 aromatic carbocycles. The minimum Gasteiger partial charge on any atom is -0.493 e. The van der Waals surface area contributed by atoms with Crippen molar-refractivity contribution in [3.8, 4) is 11.5 Å². The molecule has 0 aromatic heterocycles. The summed E-state index contributed by atoms with van der Waals surface area (Å²) in [4.78, 5) is 0. The number of nitrogens with one attached hydrogen (secondary N) is 3. The Morgan fingerprint density at radius 1 is 1.14 bits per heavy atom. The fourth-order valence-electron chi connectivity index (χ4n) is 2.52. The van der Waals surface area contributed by atoms with Gasteiger partial charge in [-0.3, -0.25) is 5.32 Å². The summed E-state index contributed by atoms with van der Waals surface area (Å²) in [5, 5.41) is 10.8. The maximum atomic E-state index is 6.04. The molecule has 2 aromatic rings. The van der Waals surface area contributed by atoms with Crippen LogP contribution in [0.4, 0.5) is 11.4 Å². The molecule has 116 valence electrons. The van der Waals surface area contributed by atoms with Crippen LogP contribution in [0.15, 0.2) is 36.4 Å². The molecule has 6 heteroatoms. The van der Waals surface area contributed by atoms with Crippen LogP contribution < -0.4 is 25.4 Å². The number of fused-ring (bicyclic) bond motifs is 1.